The van der Waals surface area contributed by atoms with E-state index in [-0.39, 0.29) is 6.04 Å². The quantitative estimate of drug-likeness (QED) is 0.732. The van der Waals surface area contributed by atoms with Crippen LogP contribution in [0.15, 0.2) is 42.5 Å². The van der Waals surface area contributed by atoms with Crippen LogP contribution in [0.1, 0.15) is 12.5 Å². The van der Waals surface area contributed by atoms with Gasteiger partial charge in [-0.3, -0.25) is 0 Å². The van der Waals surface area contributed by atoms with Crippen molar-refractivity contribution in [1.82, 2.24) is 5.32 Å². The first kappa shape index (κ1) is 10.5. The summed E-state index contributed by atoms with van der Waals surface area (Å²) in [6.07, 6.45) is 3.35. The van der Waals surface area contributed by atoms with Crippen LogP contribution >= 0.6 is 0 Å². The van der Waals surface area contributed by atoms with Gasteiger partial charge in [0.05, 0.1) is 6.07 Å². The van der Waals surface area contributed by atoms with Crippen LogP contribution in [0.2, 0.25) is 0 Å². The molecule has 0 unspecified atom stereocenters. The first-order valence-corrected chi connectivity index (χ1v) is 4.66. The maximum absolute atomic E-state index is 8.34. The van der Waals surface area contributed by atoms with Gasteiger partial charge in [-0.05, 0) is 12.5 Å². The fraction of sp³-hybridized carbons (Fsp3) is 0.250. The molecule has 0 saturated carbocycles. The van der Waals surface area contributed by atoms with Crippen LogP contribution in [-0.4, -0.2) is 6.04 Å². The molecule has 0 amide bonds. The highest BCUT2D eigenvalue weighted by atomic mass is 14.9. The van der Waals surface area contributed by atoms with Gasteiger partial charge >= 0.3 is 0 Å². The maximum Gasteiger partial charge on any atom is 0.0909 e. The number of nitriles is 1. The molecular formula is C12H14N2. The zero-order chi connectivity index (χ0) is 10.2. The normalized spacial score (nSPS) is 12.6. The highest BCUT2D eigenvalue weighted by molar-refractivity contribution is 5.14. The van der Waals surface area contributed by atoms with Gasteiger partial charge in [-0.25, -0.2) is 0 Å². The van der Waals surface area contributed by atoms with Crippen molar-refractivity contribution in [3.8, 4) is 6.07 Å². The predicted molar refractivity (Wildman–Crippen MR) is 57.5 cm³/mol. The summed E-state index contributed by atoms with van der Waals surface area (Å²) in [4.78, 5) is 0. The zero-order valence-electron chi connectivity index (χ0n) is 8.27. The van der Waals surface area contributed by atoms with Crippen LogP contribution in [0.5, 0.6) is 0 Å². The van der Waals surface area contributed by atoms with Crippen molar-refractivity contribution < 1.29 is 0 Å². The summed E-state index contributed by atoms with van der Waals surface area (Å²) in [7, 11) is 0. The zero-order valence-corrected chi connectivity index (χ0v) is 8.27. The molecule has 14 heavy (non-hydrogen) atoms. The Kier molecular flexibility index (Phi) is 4.46. The van der Waals surface area contributed by atoms with Crippen molar-refractivity contribution in [2.24, 2.45) is 0 Å². The summed E-state index contributed by atoms with van der Waals surface area (Å²) in [6.45, 7) is 2.86. The fourth-order valence-corrected chi connectivity index (χ4v) is 1.13. The smallest absolute Gasteiger partial charge is 0.0909 e. The van der Waals surface area contributed by atoms with E-state index in [9.17, 15) is 0 Å². The Hall–Kier alpha value is -1.59. The van der Waals surface area contributed by atoms with Crippen molar-refractivity contribution in [3.05, 3.63) is 48.0 Å². The molecule has 0 spiro atoms. The van der Waals surface area contributed by atoms with E-state index in [1.807, 2.05) is 37.3 Å². The minimum absolute atomic E-state index is 0.231. The molecule has 0 heterocycles. The monoisotopic (exact) mass is 186 g/mol. The summed E-state index contributed by atoms with van der Waals surface area (Å²) in [5, 5.41) is 11.6. The Morgan fingerprint density at radius 3 is 2.79 bits per heavy atom. The molecule has 72 valence electrons. The Morgan fingerprint density at radius 2 is 2.14 bits per heavy atom. The lowest BCUT2D eigenvalue weighted by Gasteiger charge is -2.08. The minimum Gasteiger partial charge on any atom is -0.307 e. The third-order valence-electron chi connectivity index (χ3n) is 1.93. The molecule has 0 aromatic heterocycles. The van der Waals surface area contributed by atoms with E-state index in [1.165, 1.54) is 11.6 Å². The van der Waals surface area contributed by atoms with E-state index in [4.69, 9.17) is 5.26 Å². The lowest BCUT2D eigenvalue weighted by molar-refractivity contribution is 0.633. The summed E-state index contributed by atoms with van der Waals surface area (Å²) >= 11 is 0. The second-order valence-corrected chi connectivity index (χ2v) is 3.14. The van der Waals surface area contributed by atoms with Gasteiger partial charge in [0, 0.05) is 18.7 Å². The molecule has 0 radical (unpaired) electrons. The number of allylic oxidation sites excluding steroid dienone is 1. The molecule has 0 aliphatic carbocycles. The van der Waals surface area contributed by atoms with Crippen molar-refractivity contribution >= 4 is 0 Å². The fourth-order valence-electron chi connectivity index (χ4n) is 1.13. The largest absolute Gasteiger partial charge is 0.307 e. The third kappa shape index (κ3) is 3.88. The summed E-state index contributed by atoms with van der Waals surface area (Å²) in [6, 6.07) is 12.4. The minimum atomic E-state index is 0.231. The van der Waals surface area contributed by atoms with E-state index >= 15 is 0 Å². The summed E-state index contributed by atoms with van der Waals surface area (Å²) in [5.41, 5.74) is 1.25. The van der Waals surface area contributed by atoms with Gasteiger partial charge in [0.15, 0.2) is 0 Å². The molecule has 0 fully saturated rings. The average Bonchev–Trinajstić information content (AvgIpc) is 2.25. The van der Waals surface area contributed by atoms with Crippen LogP contribution in [0.4, 0.5) is 0 Å². The van der Waals surface area contributed by atoms with Crippen LogP contribution in [-0.2, 0) is 6.54 Å². The van der Waals surface area contributed by atoms with E-state index in [0.717, 1.165) is 6.54 Å². The molecule has 0 bridgehead atoms. The number of nitrogens with zero attached hydrogens (tertiary/aromatic N) is 1. The second kappa shape index (κ2) is 5.95. The molecule has 1 rings (SSSR count). The van der Waals surface area contributed by atoms with Gasteiger partial charge in [-0.1, -0.05) is 36.4 Å². The maximum atomic E-state index is 8.34. The van der Waals surface area contributed by atoms with Gasteiger partial charge in [-0.2, -0.15) is 5.26 Å². The van der Waals surface area contributed by atoms with Crippen LogP contribution < -0.4 is 5.32 Å². The van der Waals surface area contributed by atoms with Gasteiger partial charge < -0.3 is 5.32 Å². The highest BCUT2D eigenvalue weighted by Crippen LogP contribution is 1.98. The van der Waals surface area contributed by atoms with E-state index in [2.05, 4.69) is 17.4 Å². The first-order chi connectivity index (χ1) is 6.83. The number of hydrogen-bond acceptors (Lipinski definition) is 2. The van der Waals surface area contributed by atoms with E-state index in [0.29, 0.717) is 0 Å². The average molecular weight is 186 g/mol. The lowest BCUT2D eigenvalue weighted by Crippen LogP contribution is -2.23. The molecule has 0 aliphatic rings. The molecule has 1 aromatic rings. The van der Waals surface area contributed by atoms with Crippen molar-refractivity contribution in [2.45, 2.75) is 19.5 Å². The molecule has 0 aliphatic heterocycles. The summed E-state index contributed by atoms with van der Waals surface area (Å²) in [5.74, 6) is 0. The lowest BCUT2D eigenvalue weighted by atomic mass is 10.2. The predicted octanol–water partition coefficient (Wildman–Crippen LogP) is 2.24. The second-order valence-electron chi connectivity index (χ2n) is 3.14. The van der Waals surface area contributed by atoms with Gasteiger partial charge in [0.2, 0.25) is 0 Å². The Bertz CT molecular complexity index is 322. The first-order valence-electron chi connectivity index (χ1n) is 4.66. The molecule has 1 atom stereocenters. The Labute approximate surface area is 84.9 Å². The van der Waals surface area contributed by atoms with Crippen molar-refractivity contribution in [3.63, 3.8) is 0 Å². The van der Waals surface area contributed by atoms with E-state index in [1.54, 1.807) is 0 Å². The molecule has 2 heteroatoms. The Morgan fingerprint density at radius 1 is 1.43 bits per heavy atom. The topological polar surface area (TPSA) is 35.8 Å². The molecule has 1 N–H and O–H groups in total. The van der Waals surface area contributed by atoms with E-state index < -0.39 is 0 Å². The van der Waals surface area contributed by atoms with Crippen LogP contribution in [0.3, 0.4) is 0 Å². The third-order valence-corrected chi connectivity index (χ3v) is 1.93. The molecule has 0 saturated heterocycles. The van der Waals surface area contributed by atoms with Gasteiger partial charge in [-0.15, -0.1) is 0 Å². The number of nitrogens with one attached hydrogen (secondary N) is 1. The van der Waals surface area contributed by atoms with Crippen LogP contribution in [0.25, 0.3) is 0 Å². The molecule has 1 aromatic carbocycles. The number of hydrogen-bond donors (Lipinski definition) is 1. The SMILES string of the molecule is C[C@H](/C=C/C#N)NCc1ccccc1. The summed E-state index contributed by atoms with van der Waals surface area (Å²) < 4.78 is 0. The number of benzene rings is 1. The Balaban J connectivity index is 2.35. The molecular weight excluding hydrogens is 172 g/mol. The standard InChI is InChI=1S/C12H14N2/c1-11(6-5-9-13)14-10-12-7-3-2-4-8-12/h2-8,11,14H,10H2,1H3/b6-5+/t11-/m1/s1. The number of rotatable bonds is 4. The van der Waals surface area contributed by atoms with Gasteiger partial charge in [0.25, 0.3) is 0 Å². The molecule has 2 nitrogen and oxygen atoms in total. The highest BCUT2D eigenvalue weighted by Gasteiger charge is 1.95. The van der Waals surface area contributed by atoms with Crippen LogP contribution in [0, 0.1) is 11.3 Å². The van der Waals surface area contributed by atoms with Crippen molar-refractivity contribution in [1.29, 1.82) is 5.26 Å². The van der Waals surface area contributed by atoms with Crippen molar-refractivity contribution in [2.75, 3.05) is 0 Å². The van der Waals surface area contributed by atoms with Gasteiger partial charge in [0.1, 0.15) is 0 Å².